The van der Waals surface area contributed by atoms with E-state index in [1.165, 1.54) is 148 Å². The van der Waals surface area contributed by atoms with Crippen molar-refractivity contribution >= 4 is 17.9 Å². The summed E-state index contributed by atoms with van der Waals surface area (Å²) in [5.41, 5.74) is 0. The summed E-state index contributed by atoms with van der Waals surface area (Å²) in [7, 11) is 0. The smallest absolute Gasteiger partial charge is 0.306 e. The molecule has 0 heterocycles. The van der Waals surface area contributed by atoms with E-state index in [1.807, 2.05) is 0 Å². The van der Waals surface area contributed by atoms with Crippen molar-refractivity contribution in [3.63, 3.8) is 0 Å². The average Bonchev–Trinajstić information content (AvgIpc) is 3.33. The molecule has 0 spiro atoms. The first-order valence-corrected chi connectivity index (χ1v) is 28.1. The highest BCUT2D eigenvalue weighted by Crippen LogP contribution is 2.14. The Labute approximate surface area is 414 Å². The third kappa shape index (κ3) is 53.4. The number of allylic oxidation sites excluding steroid dienone is 14. The third-order valence-electron chi connectivity index (χ3n) is 11.9. The molecule has 0 fully saturated rings. The second-order valence-corrected chi connectivity index (χ2v) is 18.5. The maximum atomic E-state index is 12.8. The molecule has 67 heavy (non-hydrogen) atoms. The second kappa shape index (κ2) is 55.2. The molecule has 0 aromatic rings. The number of hydrogen-bond acceptors (Lipinski definition) is 6. The van der Waals surface area contributed by atoms with E-state index in [1.54, 1.807) is 0 Å². The number of rotatable bonds is 50. The van der Waals surface area contributed by atoms with Crippen LogP contribution in [0.4, 0.5) is 0 Å². The van der Waals surface area contributed by atoms with Crippen molar-refractivity contribution in [3.8, 4) is 0 Å². The minimum absolute atomic E-state index is 0.100. The van der Waals surface area contributed by atoms with Crippen molar-refractivity contribution in [2.75, 3.05) is 13.2 Å². The molecule has 0 amide bonds. The van der Waals surface area contributed by atoms with Crippen LogP contribution in [-0.2, 0) is 28.6 Å². The molecule has 1 unspecified atom stereocenters. The van der Waals surface area contributed by atoms with E-state index in [2.05, 4.69) is 106 Å². The lowest BCUT2D eigenvalue weighted by atomic mass is 10.1. The van der Waals surface area contributed by atoms with Crippen LogP contribution >= 0.6 is 0 Å². The fraction of sp³-hybridized carbons (Fsp3) is 0.721. The molecule has 384 valence electrons. The van der Waals surface area contributed by atoms with Gasteiger partial charge >= 0.3 is 17.9 Å². The van der Waals surface area contributed by atoms with Crippen molar-refractivity contribution in [2.45, 2.75) is 271 Å². The molecule has 0 N–H and O–H groups in total. The Morgan fingerprint density at radius 1 is 0.328 bits per heavy atom. The average molecular weight is 933 g/mol. The van der Waals surface area contributed by atoms with Gasteiger partial charge in [-0.1, -0.05) is 234 Å². The molecule has 0 aliphatic heterocycles. The lowest BCUT2D eigenvalue weighted by molar-refractivity contribution is -0.167. The summed E-state index contributed by atoms with van der Waals surface area (Å²) in [5, 5.41) is 0. The Morgan fingerprint density at radius 2 is 0.657 bits per heavy atom. The molecule has 0 bridgehead atoms. The summed E-state index contributed by atoms with van der Waals surface area (Å²) in [6.45, 7) is 6.45. The van der Waals surface area contributed by atoms with Gasteiger partial charge in [0.2, 0.25) is 0 Å². The van der Waals surface area contributed by atoms with E-state index in [9.17, 15) is 14.4 Å². The number of esters is 3. The zero-order valence-electron chi connectivity index (χ0n) is 43.9. The predicted octanol–water partition coefficient (Wildman–Crippen LogP) is 18.8. The van der Waals surface area contributed by atoms with Gasteiger partial charge in [-0.2, -0.15) is 0 Å². The van der Waals surface area contributed by atoms with Crippen molar-refractivity contribution in [1.82, 2.24) is 0 Å². The standard InChI is InChI=1S/C61H104O6/c1-4-7-10-13-16-19-22-25-28-30-33-36-39-42-45-48-51-54-60(63)66-57-58(56-65-59(62)53-50-47-44-41-38-35-32-27-24-21-18-15-12-9-6-3)67-61(64)55-52-49-46-43-40-37-34-31-29-26-23-20-17-14-11-8-5-2/h9,12,15,18,21,24-26,28-29,33,36,42,45,58H,4-8,10-11,13-14,16-17,19-20,22-23,27,30-32,34-35,37-41,43-44,46-57H2,1-3H3/b12-9-,18-15-,24-21-,28-25-,29-26-,36-33-,45-42-. The van der Waals surface area contributed by atoms with Gasteiger partial charge in [0.15, 0.2) is 6.10 Å². The van der Waals surface area contributed by atoms with Crippen LogP contribution in [0, 0.1) is 0 Å². The highest BCUT2D eigenvalue weighted by Gasteiger charge is 2.19. The Kier molecular flexibility index (Phi) is 52.4. The van der Waals surface area contributed by atoms with Crippen molar-refractivity contribution in [3.05, 3.63) is 85.1 Å². The Bertz CT molecular complexity index is 1300. The van der Waals surface area contributed by atoms with Gasteiger partial charge in [-0.15, -0.1) is 0 Å². The summed E-state index contributed by atoms with van der Waals surface area (Å²) in [4.78, 5) is 38.1. The molecule has 0 rings (SSSR count). The fourth-order valence-electron chi connectivity index (χ4n) is 7.69. The number of carbonyl (C=O) groups excluding carboxylic acids is 3. The van der Waals surface area contributed by atoms with Gasteiger partial charge in [-0.25, -0.2) is 0 Å². The highest BCUT2D eigenvalue weighted by atomic mass is 16.6. The predicted molar refractivity (Wildman–Crippen MR) is 288 cm³/mol. The summed E-state index contributed by atoms with van der Waals surface area (Å²) in [5.74, 6) is -0.966. The van der Waals surface area contributed by atoms with Gasteiger partial charge in [0.25, 0.3) is 0 Å². The number of hydrogen-bond donors (Lipinski definition) is 0. The van der Waals surface area contributed by atoms with Gasteiger partial charge in [-0.3, -0.25) is 14.4 Å². The van der Waals surface area contributed by atoms with Crippen LogP contribution in [0.1, 0.15) is 265 Å². The zero-order chi connectivity index (χ0) is 48.6. The first-order valence-electron chi connectivity index (χ1n) is 28.1. The quantitative estimate of drug-likeness (QED) is 0.0199. The van der Waals surface area contributed by atoms with Crippen LogP contribution in [-0.4, -0.2) is 37.2 Å². The van der Waals surface area contributed by atoms with Gasteiger partial charge in [0.1, 0.15) is 13.2 Å². The fourth-order valence-corrected chi connectivity index (χ4v) is 7.69. The lowest BCUT2D eigenvalue weighted by Crippen LogP contribution is -2.30. The number of ether oxygens (including phenoxy) is 3. The van der Waals surface area contributed by atoms with Gasteiger partial charge in [0, 0.05) is 19.3 Å². The van der Waals surface area contributed by atoms with Crippen LogP contribution in [0.5, 0.6) is 0 Å². The molecule has 0 saturated carbocycles. The van der Waals surface area contributed by atoms with Gasteiger partial charge in [0.05, 0.1) is 0 Å². The maximum absolute atomic E-state index is 12.8. The van der Waals surface area contributed by atoms with E-state index < -0.39 is 6.10 Å². The molecule has 0 aromatic carbocycles. The Morgan fingerprint density at radius 3 is 1.10 bits per heavy atom. The molecule has 1 atom stereocenters. The van der Waals surface area contributed by atoms with Crippen LogP contribution in [0.3, 0.4) is 0 Å². The van der Waals surface area contributed by atoms with Gasteiger partial charge in [-0.05, 0) is 96.3 Å². The normalized spacial score (nSPS) is 12.7. The molecule has 0 saturated heterocycles. The molecule has 6 nitrogen and oxygen atoms in total. The van der Waals surface area contributed by atoms with E-state index in [0.29, 0.717) is 19.3 Å². The number of carbonyl (C=O) groups is 3. The summed E-state index contributed by atoms with van der Waals surface area (Å²) in [6.07, 6.45) is 71.4. The lowest BCUT2D eigenvalue weighted by Gasteiger charge is -2.18. The van der Waals surface area contributed by atoms with Crippen LogP contribution in [0.2, 0.25) is 0 Å². The van der Waals surface area contributed by atoms with Crippen LogP contribution in [0.25, 0.3) is 0 Å². The van der Waals surface area contributed by atoms with E-state index in [0.717, 1.165) is 70.6 Å². The molecule has 6 heteroatoms. The van der Waals surface area contributed by atoms with Crippen LogP contribution in [0.15, 0.2) is 85.1 Å². The molecular weight excluding hydrogens is 829 g/mol. The topological polar surface area (TPSA) is 78.9 Å². The minimum Gasteiger partial charge on any atom is -0.462 e. The molecule has 0 aliphatic rings. The third-order valence-corrected chi connectivity index (χ3v) is 11.9. The summed E-state index contributed by atoms with van der Waals surface area (Å²) in [6, 6.07) is 0. The van der Waals surface area contributed by atoms with Crippen molar-refractivity contribution in [1.29, 1.82) is 0 Å². The van der Waals surface area contributed by atoms with E-state index in [4.69, 9.17) is 14.2 Å². The van der Waals surface area contributed by atoms with Gasteiger partial charge < -0.3 is 14.2 Å². The van der Waals surface area contributed by atoms with Crippen molar-refractivity contribution in [2.24, 2.45) is 0 Å². The second-order valence-electron chi connectivity index (χ2n) is 18.5. The molecular formula is C61H104O6. The molecule has 0 aromatic heterocycles. The Hall–Kier alpha value is -3.41. The maximum Gasteiger partial charge on any atom is 0.306 e. The minimum atomic E-state index is -0.805. The largest absolute Gasteiger partial charge is 0.462 e. The number of unbranched alkanes of at least 4 members (excludes halogenated alkanes) is 27. The Balaban J connectivity index is 4.48. The summed E-state index contributed by atoms with van der Waals surface area (Å²) < 4.78 is 16.8. The SMILES string of the molecule is CC\C=C/C=C\C=C/CCCCCCCCCC(=O)OCC(COC(=O)CCC/C=C\C/C=C\C/C=C\CCCCCCCC)OC(=O)CCCCCCCCC/C=C\CCCCCCCC. The van der Waals surface area contributed by atoms with Crippen molar-refractivity contribution < 1.29 is 28.6 Å². The van der Waals surface area contributed by atoms with Crippen LogP contribution < -0.4 is 0 Å². The first kappa shape index (κ1) is 63.6. The summed E-state index contributed by atoms with van der Waals surface area (Å²) >= 11 is 0. The first-order chi connectivity index (χ1) is 33.0. The molecule has 0 radical (unpaired) electrons. The molecule has 0 aliphatic carbocycles. The zero-order valence-corrected chi connectivity index (χ0v) is 43.9. The highest BCUT2D eigenvalue weighted by molar-refractivity contribution is 5.71. The van der Waals surface area contributed by atoms with E-state index >= 15 is 0 Å². The van der Waals surface area contributed by atoms with E-state index in [-0.39, 0.29) is 37.5 Å². The monoisotopic (exact) mass is 933 g/mol.